The number of piperidine rings is 1. The van der Waals surface area contributed by atoms with Crippen molar-refractivity contribution >= 4 is 16.0 Å². The van der Waals surface area contributed by atoms with Gasteiger partial charge in [0.1, 0.15) is 0 Å². The van der Waals surface area contributed by atoms with E-state index in [9.17, 15) is 8.42 Å². The molecule has 3 rings (SSSR count). The number of rotatable bonds is 6. The second kappa shape index (κ2) is 9.45. The van der Waals surface area contributed by atoms with Crippen LogP contribution in [0.1, 0.15) is 30.5 Å². The van der Waals surface area contributed by atoms with Gasteiger partial charge < -0.3 is 14.8 Å². The molecule has 1 aromatic heterocycles. The monoisotopic (exact) mass is 417 g/mol. The highest BCUT2D eigenvalue weighted by Crippen LogP contribution is 2.20. The van der Waals surface area contributed by atoms with Crippen molar-refractivity contribution in [3.63, 3.8) is 0 Å². The van der Waals surface area contributed by atoms with Gasteiger partial charge in [0, 0.05) is 52.7 Å². The van der Waals surface area contributed by atoms with E-state index in [1.807, 2.05) is 38.5 Å². The number of guanidine groups is 1. The molecule has 0 saturated carbocycles. The van der Waals surface area contributed by atoms with Crippen LogP contribution < -0.4 is 5.32 Å². The molecule has 0 radical (unpaired) electrons. The molecule has 8 heteroatoms. The second-order valence-corrected chi connectivity index (χ2v) is 9.41. The van der Waals surface area contributed by atoms with Crippen molar-refractivity contribution in [3.8, 4) is 0 Å². The smallest absolute Gasteiger partial charge is 0.243 e. The Bertz CT molecular complexity index is 928. The maximum atomic E-state index is 12.8. The van der Waals surface area contributed by atoms with E-state index in [4.69, 9.17) is 0 Å². The SMILES string of the molecule is CN=C(NCc1ccc(S(=O)(=O)N2CCCCC2)cc1)N(C)Cc1cccn1C. The predicted octanol–water partition coefficient (Wildman–Crippen LogP) is 2.41. The summed E-state index contributed by atoms with van der Waals surface area (Å²) in [6.07, 6.45) is 5.02. The van der Waals surface area contributed by atoms with Crippen LogP contribution in [0.3, 0.4) is 0 Å². The first-order valence-electron chi connectivity index (χ1n) is 10.0. The van der Waals surface area contributed by atoms with E-state index in [1.54, 1.807) is 23.5 Å². The van der Waals surface area contributed by atoms with Gasteiger partial charge in [-0.1, -0.05) is 18.6 Å². The Hall–Kier alpha value is -2.32. The number of sulfonamides is 1. The molecule has 1 N–H and O–H groups in total. The lowest BCUT2D eigenvalue weighted by Gasteiger charge is -2.26. The minimum Gasteiger partial charge on any atom is -0.353 e. The van der Waals surface area contributed by atoms with Crippen molar-refractivity contribution < 1.29 is 8.42 Å². The zero-order chi connectivity index (χ0) is 20.9. The van der Waals surface area contributed by atoms with E-state index in [2.05, 4.69) is 25.8 Å². The maximum Gasteiger partial charge on any atom is 0.243 e. The summed E-state index contributed by atoms with van der Waals surface area (Å²) in [5.41, 5.74) is 2.21. The molecule has 1 aliphatic heterocycles. The third kappa shape index (κ3) is 5.19. The molecule has 1 fully saturated rings. The molecule has 1 aromatic carbocycles. The Kier molecular flexibility index (Phi) is 6.97. The van der Waals surface area contributed by atoms with Gasteiger partial charge in [-0.25, -0.2) is 8.42 Å². The molecule has 0 bridgehead atoms. The number of aromatic nitrogens is 1. The summed E-state index contributed by atoms with van der Waals surface area (Å²) in [6.45, 7) is 2.56. The molecular formula is C21H31N5O2S. The van der Waals surface area contributed by atoms with Crippen LogP contribution in [-0.2, 0) is 30.2 Å². The standard InChI is InChI=1S/C21H31N5O2S/c1-22-21(25(3)17-19-8-7-13-24(19)2)23-16-18-9-11-20(12-10-18)29(27,28)26-14-5-4-6-15-26/h7-13H,4-6,14-17H2,1-3H3,(H,22,23). The molecule has 2 heterocycles. The van der Waals surface area contributed by atoms with Crippen molar-refractivity contribution in [1.82, 2.24) is 19.1 Å². The molecule has 0 amide bonds. The summed E-state index contributed by atoms with van der Waals surface area (Å²) < 4.78 is 29.2. The Morgan fingerprint density at radius 3 is 2.41 bits per heavy atom. The topological polar surface area (TPSA) is 69.9 Å². The molecule has 2 aromatic rings. The molecule has 1 aliphatic rings. The predicted molar refractivity (Wildman–Crippen MR) is 116 cm³/mol. The van der Waals surface area contributed by atoms with Gasteiger partial charge in [-0.05, 0) is 42.7 Å². The molecule has 0 unspecified atom stereocenters. The molecule has 7 nitrogen and oxygen atoms in total. The van der Waals surface area contributed by atoms with Crippen LogP contribution in [-0.4, -0.2) is 55.3 Å². The van der Waals surface area contributed by atoms with Gasteiger partial charge in [0.05, 0.1) is 11.4 Å². The first kappa shape index (κ1) is 21.4. The van der Waals surface area contributed by atoms with E-state index < -0.39 is 10.0 Å². The fourth-order valence-electron chi connectivity index (χ4n) is 3.58. The summed E-state index contributed by atoms with van der Waals surface area (Å²) in [5, 5.41) is 3.35. The number of benzene rings is 1. The van der Waals surface area contributed by atoms with Gasteiger partial charge in [-0.2, -0.15) is 4.31 Å². The summed E-state index contributed by atoms with van der Waals surface area (Å²) >= 11 is 0. The normalized spacial score (nSPS) is 16.0. The van der Waals surface area contributed by atoms with Crippen LogP contribution in [0, 0.1) is 0 Å². The van der Waals surface area contributed by atoms with Gasteiger partial charge >= 0.3 is 0 Å². The van der Waals surface area contributed by atoms with E-state index in [0.29, 0.717) is 24.5 Å². The Morgan fingerprint density at radius 1 is 1.14 bits per heavy atom. The first-order valence-corrected chi connectivity index (χ1v) is 11.5. The number of aliphatic imine (C=N–C) groups is 1. The molecule has 29 heavy (non-hydrogen) atoms. The third-order valence-corrected chi connectivity index (χ3v) is 7.26. The van der Waals surface area contributed by atoms with Crippen molar-refractivity contribution in [3.05, 3.63) is 53.9 Å². The molecule has 0 spiro atoms. The van der Waals surface area contributed by atoms with E-state index in [0.717, 1.165) is 37.3 Å². The van der Waals surface area contributed by atoms with E-state index >= 15 is 0 Å². The number of hydrogen-bond acceptors (Lipinski definition) is 3. The van der Waals surface area contributed by atoms with Crippen molar-refractivity contribution in [2.24, 2.45) is 12.0 Å². The largest absolute Gasteiger partial charge is 0.353 e. The molecular weight excluding hydrogens is 386 g/mol. The average molecular weight is 418 g/mol. The number of hydrogen-bond donors (Lipinski definition) is 1. The van der Waals surface area contributed by atoms with Crippen molar-refractivity contribution in [2.45, 2.75) is 37.2 Å². The molecule has 1 saturated heterocycles. The molecule has 0 atom stereocenters. The van der Waals surface area contributed by atoms with E-state index in [1.165, 1.54) is 5.69 Å². The van der Waals surface area contributed by atoms with Gasteiger partial charge in [0.15, 0.2) is 5.96 Å². The summed E-state index contributed by atoms with van der Waals surface area (Å²) in [5.74, 6) is 0.788. The Balaban J connectivity index is 1.59. The van der Waals surface area contributed by atoms with E-state index in [-0.39, 0.29) is 0 Å². The van der Waals surface area contributed by atoms with Crippen molar-refractivity contribution in [1.29, 1.82) is 0 Å². The van der Waals surface area contributed by atoms with Crippen LogP contribution in [0.2, 0.25) is 0 Å². The minimum atomic E-state index is -3.38. The first-order chi connectivity index (χ1) is 13.9. The highest BCUT2D eigenvalue weighted by Gasteiger charge is 2.25. The highest BCUT2D eigenvalue weighted by atomic mass is 32.2. The zero-order valence-corrected chi connectivity index (χ0v) is 18.3. The van der Waals surface area contributed by atoms with Crippen molar-refractivity contribution in [2.75, 3.05) is 27.2 Å². The fraction of sp³-hybridized carbons (Fsp3) is 0.476. The summed E-state index contributed by atoms with van der Waals surface area (Å²) in [7, 11) is 2.40. The Morgan fingerprint density at radius 2 is 1.83 bits per heavy atom. The van der Waals surface area contributed by atoms with Crippen LogP contribution >= 0.6 is 0 Å². The lowest BCUT2D eigenvalue weighted by atomic mass is 10.2. The van der Waals surface area contributed by atoms with Crippen LogP contribution in [0.4, 0.5) is 0 Å². The maximum absolute atomic E-state index is 12.8. The number of nitrogens with one attached hydrogen (secondary N) is 1. The van der Waals surface area contributed by atoms with Gasteiger partial charge in [-0.15, -0.1) is 0 Å². The third-order valence-electron chi connectivity index (χ3n) is 5.35. The lowest BCUT2D eigenvalue weighted by molar-refractivity contribution is 0.346. The molecule has 158 valence electrons. The quantitative estimate of drug-likeness (QED) is 0.579. The summed E-state index contributed by atoms with van der Waals surface area (Å²) in [6, 6.07) is 11.3. The van der Waals surface area contributed by atoms with Crippen LogP contribution in [0.15, 0.2) is 52.5 Å². The highest BCUT2D eigenvalue weighted by molar-refractivity contribution is 7.89. The minimum absolute atomic E-state index is 0.369. The zero-order valence-electron chi connectivity index (χ0n) is 17.5. The number of nitrogens with zero attached hydrogens (tertiary/aromatic N) is 4. The van der Waals surface area contributed by atoms with Gasteiger partial charge in [-0.3, -0.25) is 4.99 Å². The second-order valence-electron chi connectivity index (χ2n) is 7.48. The van der Waals surface area contributed by atoms with Crippen LogP contribution in [0.5, 0.6) is 0 Å². The van der Waals surface area contributed by atoms with Crippen LogP contribution in [0.25, 0.3) is 0 Å². The Labute approximate surface area is 174 Å². The number of aryl methyl sites for hydroxylation is 1. The van der Waals surface area contributed by atoms with Gasteiger partial charge in [0.2, 0.25) is 10.0 Å². The molecule has 0 aliphatic carbocycles. The fourth-order valence-corrected chi connectivity index (χ4v) is 5.10. The van der Waals surface area contributed by atoms with Gasteiger partial charge in [0.25, 0.3) is 0 Å². The summed E-state index contributed by atoms with van der Waals surface area (Å²) in [4.78, 5) is 6.78. The average Bonchev–Trinajstić information content (AvgIpc) is 3.14. The lowest BCUT2D eigenvalue weighted by Crippen LogP contribution is -2.38.